The Labute approximate surface area is 240 Å². The van der Waals surface area contributed by atoms with Gasteiger partial charge in [-0.05, 0) is 67.1 Å². The lowest BCUT2D eigenvalue weighted by Crippen LogP contribution is -2.32. The molecule has 0 heterocycles. The van der Waals surface area contributed by atoms with Gasteiger partial charge in [0.1, 0.15) is 12.4 Å². The molecule has 10 nitrogen and oxygen atoms in total. The quantitative estimate of drug-likeness (QED) is 0.118. The molecule has 0 spiro atoms. The Bertz CT molecular complexity index is 1400. The van der Waals surface area contributed by atoms with E-state index in [0.717, 1.165) is 0 Å². The van der Waals surface area contributed by atoms with Gasteiger partial charge < -0.3 is 24.8 Å². The van der Waals surface area contributed by atoms with Gasteiger partial charge in [-0.15, -0.1) is 0 Å². The van der Waals surface area contributed by atoms with Crippen molar-refractivity contribution in [2.45, 2.75) is 6.92 Å². The molecule has 0 aliphatic heterocycles. The fourth-order valence-electron chi connectivity index (χ4n) is 3.12. The minimum absolute atomic E-state index is 0.226. The van der Waals surface area contributed by atoms with E-state index >= 15 is 0 Å². The highest BCUT2D eigenvalue weighted by Gasteiger charge is 2.14. The molecule has 0 aromatic heterocycles. The molecule has 0 bridgehead atoms. The van der Waals surface area contributed by atoms with Crippen LogP contribution in [0.15, 0.2) is 78.4 Å². The van der Waals surface area contributed by atoms with Crippen LogP contribution in [0.4, 0.5) is 11.4 Å². The smallest absolute Gasteiger partial charge is 0.329 e. The van der Waals surface area contributed by atoms with Crippen LogP contribution in [-0.2, 0) is 14.4 Å². The lowest BCUT2D eigenvalue weighted by atomic mass is 10.2. The molecule has 0 saturated carbocycles. The van der Waals surface area contributed by atoms with Crippen molar-refractivity contribution in [3.05, 3.63) is 88.9 Å². The van der Waals surface area contributed by atoms with E-state index in [-0.39, 0.29) is 11.6 Å². The minimum atomic E-state index is -0.959. The Morgan fingerprint density at radius 2 is 1.70 bits per heavy atom. The standard InChI is InChI=1S/C28H26Cl2N4O6/c1-3-14-39-20-11-9-19(10-12-20)32-27(36)28(37)34-31-16-18-8-13-23(24(15-18)38-4-2)40-17-25(35)33-22-7-5-6-21(29)26(22)30/h3,5-13,15-16H,1,4,14,17H2,2H3,(H,32,36)(H,33,35)(H,34,37)/b31-16-. The Kier molecular flexibility index (Phi) is 11.4. The first-order chi connectivity index (χ1) is 19.3. The Morgan fingerprint density at radius 1 is 0.925 bits per heavy atom. The maximum Gasteiger partial charge on any atom is 0.329 e. The summed E-state index contributed by atoms with van der Waals surface area (Å²) in [5.74, 6) is -1.04. The van der Waals surface area contributed by atoms with Crippen molar-refractivity contribution >= 4 is 58.5 Å². The Morgan fingerprint density at radius 3 is 2.42 bits per heavy atom. The van der Waals surface area contributed by atoms with E-state index in [0.29, 0.717) is 52.4 Å². The summed E-state index contributed by atoms with van der Waals surface area (Å²) in [5.41, 5.74) is 3.49. The number of amides is 3. The molecule has 3 rings (SSSR count). The lowest BCUT2D eigenvalue weighted by molar-refractivity contribution is -0.136. The van der Waals surface area contributed by atoms with Gasteiger partial charge in [-0.25, -0.2) is 5.43 Å². The Hall–Kier alpha value is -4.54. The maximum absolute atomic E-state index is 12.3. The van der Waals surface area contributed by atoms with E-state index in [1.165, 1.54) is 6.21 Å². The van der Waals surface area contributed by atoms with Gasteiger partial charge >= 0.3 is 11.8 Å². The topological polar surface area (TPSA) is 127 Å². The number of nitrogens with one attached hydrogen (secondary N) is 3. The fraction of sp³-hybridized carbons (Fsp3) is 0.143. The second-order valence-electron chi connectivity index (χ2n) is 7.85. The number of rotatable bonds is 12. The molecule has 0 saturated heterocycles. The summed E-state index contributed by atoms with van der Waals surface area (Å²) < 4.78 is 16.6. The summed E-state index contributed by atoms with van der Waals surface area (Å²) >= 11 is 12.1. The van der Waals surface area contributed by atoms with Crippen molar-refractivity contribution in [2.24, 2.45) is 5.10 Å². The lowest BCUT2D eigenvalue weighted by Gasteiger charge is -2.13. The molecular weight excluding hydrogens is 559 g/mol. The number of hydrazone groups is 1. The average molecular weight is 585 g/mol. The van der Waals surface area contributed by atoms with Crippen molar-refractivity contribution in [1.29, 1.82) is 0 Å². The van der Waals surface area contributed by atoms with Crippen molar-refractivity contribution in [3.8, 4) is 17.2 Å². The van der Waals surface area contributed by atoms with Crippen LogP contribution < -0.4 is 30.3 Å². The van der Waals surface area contributed by atoms with Gasteiger partial charge in [-0.1, -0.05) is 41.9 Å². The van der Waals surface area contributed by atoms with E-state index in [2.05, 4.69) is 27.7 Å². The van der Waals surface area contributed by atoms with Crippen LogP contribution in [0.2, 0.25) is 10.0 Å². The minimum Gasteiger partial charge on any atom is -0.490 e. The summed E-state index contributed by atoms with van der Waals surface area (Å²) in [6, 6.07) is 16.2. The second-order valence-corrected chi connectivity index (χ2v) is 8.64. The molecule has 3 N–H and O–H groups in total. The van der Waals surface area contributed by atoms with Crippen molar-refractivity contribution in [3.63, 3.8) is 0 Å². The molecule has 3 aromatic carbocycles. The number of carbonyl (C=O) groups excluding carboxylic acids is 3. The van der Waals surface area contributed by atoms with Gasteiger partial charge in [0.05, 0.1) is 28.6 Å². The number of hydrogen-bond donors (Lipinski definition) is 3. The zero-order valence-corrected chi connectivity index (χ0v) is 22.9. The van der Waals surface area contributed by atoms with E-state index in [4.69, 9.17) is 37.4 Å². The van der Waals surface area contributed by atoms with Gasteiger partial charge in [0, 0.05) is 5.69 Å². The molecule has 208 valence electrons. The summed E-state index contributed by atoms with van der Waals surface area (Å²) in [6.07, 6.45) is 2.94. The molecule has 3 amide bonds. The third-order valence-electron chi connectivity index (χ3n) is 4.92. The zero-order valence-electron chi connectivity index (χ0n) is 21.4. The molecule has 0 atom stereocenters. The monoisotopic (exact) mass is 584 g/mol. The first kappa shape index (κ1) is 30.0. The highest BCUT2D eigenvalue weighted by Crippen LogP contribution is 2.30. The predicted octanol–water partition coefficient (Wildman–Crippen LogP) is 5.06. The number of hydrogen-bond acceptors (Lipinski definition) is 7. The SMILES string of the molecule is C=CCOc1ccc(NC(=O)C(=O)N/N=C\c2ccc(OCC(=O)Nc3cccc(Cl)c3Cl)c(OCC)c2)cc1. The third kappa shape index (κ3) is 9.04. The largest absolute Gasteiger partial charge is 0.490 e. The molecule has 0 aliphatic carbocycles. The second kappa shape index (κ2) is 15.2. The number of carbonyl (C=O) groups is 3. The summed E-state index contributed by atoms with van der Waals surface area (Å²) in [5, 5.41) is 9.46. The van der Waals surface area contributed by atoms with Gasteiger partial charge in [0.2, 0.25) is 0 Å². The van der Waals surface area contributed by atoms with Crippen molar-refractivity contribution < 1.29 is 28.6 Å². The van der Waals surface area contributed by atoms with Crippen LogP contribution >= 0.6 is 23.2 Å². The van der Waals surface area contributed by atoms with Crippen LogP contribution in [0.25, 0.3) is 0 Å². The van der Waals surface area contributed by atoms with Crippen LogP contribution in [0, 0.1) is 0 Å². The van der Waals surface area contributed by atoms with E-state index < -0.39 is 17.7 Å². The number of ether oxygens (including phenoxy) is 3. The van der Waals surface area contributed by atoms with Gasteiger partial charge in [0.15, 0.2) is 18.1 Å². The highest BCUT2D eigenvalue weighted by atomic mass is 35.5. The summed E-state index contributed by atoms with van der Waals surface area (Å²) in [7, 11) is 0. The van der Waals surface area contributed by atoms with Crippen LogP contribution in [0.1, 0.15) is 12.5 Å². The highest BCUT2D eigenvalue weighted by molar-refractivity contribution is 6.44. The Balaban J connectivity index is 1.54. The van der Waals surface area contributed by atoms with Crippen LogP contribution in [-0.4, -0.2) is 43.8 Å². The molecular formula is C28H26Cl2N4O6. The third-order valence-corrected chi connectivity index (χ3v) is 5.74. The van der Waals surface area contributed by atoms with Crippen molar-refractivity contribution in [1.82, 2.24) is 5.43 Å². The van der Waals surface area contributed by atoms with Gasteiger partial charge in [-0.3, -0.25) is 14.4 Å². The molecule has 12 heteroatoms. The summed E-state index contributed by atoms with van der Waals surface area (Å²) in [6.45, 7) is 5.73. The van der Waals surface area contributed by atoms with Crippen LogP contribution in [0.5, 0.6) is 17.2 Å². The number of benzene rings is 3. The first-order valence-corrected chi connectivity index (χ1v) is 12.7. The van der Waals surface area contributed by atoms with Gasteiger partial charge in [-0.2, -0.15) is 5.10 Å². The summed E-state index contributed by atoms with van der Waals surface area (Å²) in [4.78, 5) is 36.6. The van der Waals surface area contributed by atoms with Crippen LogP contribution in [0.3, 0.4) is 0 Å². The molecule has 3 aromatic rings. The average Bonchev–Trinajstić information content (AvgIpc) is 2.94. The molecule has 0 radical (unpaired) electrons. The fourth-order valence-corrected chi connectivity index (χ4v) is 3.46. The molecule has 0 unspecified atom stereocenters. The van der Waals surface area contributed by atoms with E-state index in [1.54, 1.807) is 73.7 Å². The van der Waals surface area contributed by atoms with E-state index in [1.807, 2.05) is 0 Å². The first-order valence-electron chi connectivity index (χ1n) is 11.9. The molecule has 0 fully saturated rings. The predicted molar refractivity (Wildman–Crippen MR) is 155 cm³/mol. The molecule has 40 heavy (non-hydrogen) atoms. The molecule has 0 aliphatic rings. The van der Waals surface area contributed by atoms with Crippen molar-refractivity contribution in [2.75, 3.05) is 30.5 Å². The zero-order chi connectivity index (χ0) is 28.9. The maximum atomic E-state index is 12.3. The normalized spacial score (nSPS) is 10.5. The number of halogens is 2. The van der Waals surface area contributed by atoms with Gasteiger partial charge in [0.25, 0.3) is 5.91 Å². The number of nitrogens with zero attached hydrogens (tertiary/aromatic N) is 1. The van der Waals surface area contributed by atoms with E-state index in [9.17, 15) is 14.4 Å². The number of anilines is 2.